The number of carbonyl (C=O) groups is 1. The van der Waals surface area contributed by atoms with E-state index in [4.69, 9.17) is 0 Å². The van der Waals surface area contributed by atoms with E-state index in [9.17, 15) is 4.79 Å². The van der Waals surface area contributed by atoms with Crippen molar-refractivity contribution in [2.45, 2.75) is 6.92 Å². The van der Waals surface area contributed by atoms with Gasteiger partial charge in [-0.2, -0.15) is 0 Å². The number of aryl methyl sites for hydroxylation is 1. The number of benzene rings is 1. The molecule has 0 spiro atoms. The topological polar surface area (TPSA) is 59.3 Å². The zero-order chi connectivity index (χ0) is 16.5. The van der Waals surface area contributed by atoms with Gasteiger partial charge in [-0.1, -0.05) is 12.1 Å². The summed E-state index contributed by atoms with van der Waals surface area (Å²) in [5, 5.41) is 2.91. The number of pyridine rings is 1. The van der Waals surface area contributed by atoms with Crippen LogP contribution < -0.4 is 5.32 Å². The van der Waals surface area contributed by atoms with E-state index in [1.807, 2.05) is 34.9 Å². The number of carbonyl (C=O) groups excluding carboxylic acids is 1. The summed E-state index contributed by atoms with van der Waals surface area (Å²) >= 11 is 1.66. The minimum Gasteiger partial charge on any atom is -0.322 e. The monoisotopic (exact) mass is 334 g/mol. The standard InChI is InChI=1S/C18H14N4OS/c1-12-10-22-11-16(21-18(22)24-12)14-3-2-4-15(9-14)20-17(23)13-5-7-19-8-6-13/h2-11H,1H3,(H,20,23). The molecule has 4 rings (SSSR count). The van der Waals surface area contributed by atoms with Gasteiger partial charge in [-0.25, -0.2) is 4.98 Å². The zero-order valence-electron chi connectivity index (χ0n) is 12.9. The Hall–Kier alpha value is -2.99. The molecule has 3 heterocycles. The largest absolute Gasteiger partial charge is 0.322 e. The van der Waals surface area contributed by atoms with Crippen LogP contribution >= 0.6 is 11.3 Å². The van der Waals surface area contributed by atoms with Gasteiger partial charge in [0.2, 0.25) is 0 Å². The predicted molar refractivity (Wildman–Crippen MR) is 95.4 cm³/mol. The lowest BCUT2D eigenvalue weighted by Gasteiger charge is -2.06. The number of imidazole rings is 1. The van der Waals surface area contributed by atoms with Crippen molar-refractivity contribution in [2.75, 3.05) is 5.32 Å². The first kappa shape index (κ1) is 14.6. The van der Waals surface area contributed by atoms with Gasteiger partial charge < -0.3 is 5.32 Å². The second kappa shape index (κ2) is 5.90. The molecule has 0 aliphatic rings. The first-order valence-electron chi connectivity index (χ1n) is 7.46. The third-order valence-electron chi connectivity index (χ3n) is 3.63. The van der Waals surface area contributed by atoms with Crippen LogP contribution in [0.2, 0.25) is 0 Å². The minimum absolute atomic E-state index is 0.156. The SMILES string of the molecule is Cc1cn2cc(-c3cccc(NC(=O)c4ccncc4)c3)nc2s1. The van der Waals surface area contributed by atoms with Gasteiger partial charge in [0.05, 0.1) is 5.69 Å². The minimum atomic E-state index is -0.156. The maximum absolute atomic E-state index is 12.2. The van der Waals surface area contributed by atoms with Crippen molar-refractivity contribution in [3.8, 4) is 11.3 Å². The Balaban J connectivity index is 1.61. The second-order valence-electron chi connectivity index (χ2n) is 5.43. The molecule has 0 fully saturated rings. The number of nitrogens with one attached hydrogen (secondary N) is 1. The molecular formula is C18H14N4OS. The number of amides is 1. The maximum atomic E-state index is 12.2. The second-order valence-corrected chi connectivity index (χ2v) is 6.64. The van der Waals surface area contributed by atoms with Crippen LogP contribution in [0.4, 0.5) is 5.69 Å². The van der Waals surface area contributed by atoms with Crippen LogP contribution in [-0.4, -0.2) is 20.3 Å². The van der Waals surface area contributed by atoms with Crippen molar-refractivity contribution in [1.82, 2.24) is 14.4 Å². The highest BCUT2D eigenvalue weighted by Crippen LogP contribution is 2.25. The van der Waals surface area contributed by atoms with Crippen LogP contribution in [-0.2, 0) is 0 Å². The summed E-state index contributed by atoms with van der Waals surface area (Å²) in [6, 6.07) is 11.1. The summed E-state index contributed by atoms with van der Waals surface area (Å²) < 4.78 is 2.03. The molecular weight excluding hydrogens is 320 g/mol. The Bertz CT molecular complexity index is 988. The number of fused-ring (bicyclic) bond motifs is 1. The van der Waals surface area contributed by atoms with Crippen LogP contribution in [0.1, 0.15) is 15.2 Å². The van der Waals surface area contributed by atoms with Gasteiger partial charge in [-0.15, -0.1) is 11.3 Å². The lowest BCUT2D eigenvalue weighted by atomic mass is 10.1. The number of thiazole rings is 1. The van der Waals surface area contributed by atoms with Crippen molar-refractivity contribution in [3.05, 3.63) is 71.6 Å². The average molecular weight is 334 g/mol. The van der Waals surface area contributed by atoms with E-state index in [1.165, 1.54) is 4.88 Å². The zero-order valence-corrected chi connectivity index (χ0v) is 13.7. The van der Waals surface area contributed by atoms with Gasteiger partial charge in [0, 0.05) is 46.5 Å². The fourth-order valence-electron chi connectivity index (χ4n) is 2.51. The molecule has 0 aliphatic heterocycles. The quantitative estimate of drug-likeness (QED) is 0.615. The average Bonchev–Trinajstić information content (AvgIpc) is 3.13. The summed E-state index contributed by atoms with van der Waals surface area (Å²) in [7, 11) is 0. The van der Waals surface area contributed by atoms with Crippen LogP contribution in [0.5, 0.6) is 0 Å². The maximum Gasteiger partial charge on any atom is 0.255 e. The molecule has 0 saturated heterocycles. The van der Waals surface area contributed by atoms with E-state index in [0.717, 1.165) is 21.9 Å². The number of hydrogen-bond acceptors (Lipinski definition) is 4. The molecule has 0 aliphatic carbocycles. The first-order valence-corrected chi connectivity index (χ1v) is 8.28. The molecule has 3 aromatic heterocycles. The summed E-state index contributed by atoms with van der Waals surface area (Å²) in [5.74, 6) is -0.156. The Morgan fingerprint density at radius 1 is 1.17 bits per heavy atom. The van der Waals surface area contributed by atoms with Crippen molar-refractivity contribution in [2.24, 2.45) is 0 Å². The molecule has 5 nitrogen and oxygen atoms in total. The normalized spacial score (nSPS) is 10.9. The first-order chi connectivity index (χ1) is 11.7. The van der Waals surface area contributed by atoms with E-state index < -0.39 is 0 Å². The molecule has 4 aromatic rings. The number of hydrogen-bond donors (Lipinski definition) is 1. The van der Waals surface area contributed by atoms with Gasteiger partial charge in [0.25, 0.3) is 5.91 Å². The van der Waals surface area contributed by atoms with Crippen molar-refractivity contribution >= 4 is 27.9 Å². The van der Waals surface area contributed by atoms with Gasteiger partial charge in [-0.3, -0.25) is 14.2 Å². The third kappa shape index (κ3) is 2.79. The Morgan fingerprint density at radius 2 is 2.00 bits per heavy atom. The van der Waals surface area contributed by atoms with E-state index in [-0.39, 0.29) is 5.91 Å². The van der Waals surface area contributed by atoms with Crippen molar-refractivity contribution in [3.63, 3.8) is 0 Å². The summed E-state index contributed by atoms with van der Waals surface area (Å²) in [4.78, 5) is 23.0. The lowest BCUT2D eigenvalue weighted by molar-refractivity contribution is 0.102. The number of rotatable bonds is 3. The van der Waals surface area contributed by atoms with Gasteiger partial charge in [-0.05, 0) is 31.2 Å². The fourth-order valence-corrected chi connectivity index (χ4v) is 3.32. The highest BCUT2D eigenvalue weighted by molar-refractivity contribution is 7.17. The van der Waals surface area contributed by atoms with Crippen LogP contribution in [0.3, 0.4) is 0 Å². The molecule has 0 radical (unpaired) electrons. The van der Waals surface area contributed by atoms with E-state index in [0.29, 0.717) is 5.56 Å². The molecule has 0 unspecified atom stereocenters. The molecule has 1 N–H and O–H groups in total. The Kier molecular flexibility index (Phi) is 3.59. The van der Waals surface area contributed by atoms with Crippen LogP contribution in [0.15, 0.2) is 61.2 Å². The number of nitrogens with zero attached hydrogens (tertiary/aromatic N) is 3. The summed E-state index contributed by atoms with van der Waals surface area (Å²) in [6.07, 6.45) is 7.27. The van der Waals surface area contributed by atoms with Crippen LogP contribution in [0, 0.1) is 6.92 Å². The highest BCUT2D eigenvalue weighted by Gasteiger charge is 2.09. The van der Waals surface area contributed by atoms with E-state index in [1.54, 1.807) is 35.9 Å². The summed E-state index contributed by atoms with van der Waals surface area (Å²) in [5.41, 5.74) is 3.17. The fraction of sp³-hybridized carbons (Fsp3) is 0.0556. The smallest absolute Gasteiger partial charge is 0.255 e. The Morgan fingerprint density at radius 3 is 2.79 bits per heavy atom. The van der Waals surface area contributed by atoms with Gasteiger partial charge >= 0.3 is 0 Å². The number of aromatic nitrogens is 3. The van der Waals surface area contributed by atoms with Crippen LogP contribution in [0.25, 0.3) is 16.2 Å². The lowest BCUT2D eigenvalue weighted by Crippen LogP contribution is -2.11. The van der Waals surface area contributed by atoms with Crippen molar-refractivity contribution < 1.29 is 4.79 Å². The molecule has 6 heteroatoms. The summed E-state index contributed by atoms with van der Waals surface area (Å²) in [6.45, 7) is 2.06. The molecule has 0 atom stereocenters. The van der Waals surface area contributed by atoms with Gasteiger partial charge in [0.1, 0.15) is 0 Å². The molecule has 1 amide bonds. The molecule has 1 aromatic carbocycles. The predicted octanol–water partition coefficient (Wildman–Crippen LogP) is 4.02. The molecule has 118 valence electrons. The highest BCUT2D eigenvalue weighted by atomic mass is 32.1. The molecule has 0 saturated carbocycles. The Labute approximate surface area is 142 Å². The van der Waals surface area contributed by atoms with E-state index >= 15 is 0 Å². The van der Waals surface area contributed by atoms with Gasteiger partial charge in [0.15, 0.2) is 4.96 Å². The van der Waals surface area contributed by atoms with E-state index in [2.05, 4.69) is 28.4 Å². The van der Waals surface area contributed by atoms with Crippen molar-refractivity contribution in [1.29, 1.82) is 0 Å². The molecule has 24 heavy (non-hydrogen) atoms. The number of anilines is 1. The molecule has 0 bridgehead atoms. The third-order valence-corrected chi connectivity index (χ3v) is 4.54.